The second kappa shape index (κ2) is 9.72. The molecule has 0 fully saturated rings. The molecule has 2 N–H and O–H groups in total. The SMILES string of the molecule is O=C(N[C@](C/C=N/Nc1ccc([N+](=O)[O-])cc1[N+](=O)[O-])(c1ccccc1)C(F)(F)F)C(F)(F)F. The molecule has 0 spiro atoms. The summed E-state index contributed by atoms with van der Waals surface area (Å²) in [4.78, 5) is 31.4. The van der Waals surface area contributed by atoms with E-state index in [0.29, 0.717) is 12.3 Å². The zero-order chi connectivity index (χ0) is 25.7. The molecule has 16 heteroatoms. The fourth-order valence-electron chi connectivity index (χ4n) is 2.76. The van der Waals surface area contributed by atoms with Crippen molar-refractivity contribution in [1.29, 1.82) is 0 Å². The van der Waals surface area contributed by atoms with E-state index in [2.05, 4.69) is 5.10 Å². The van der Waals surface area contributed by atoms with E-state index >= 15 is 0 Å². The summed E-state index contributed by atoms with van der Waals surface area (Å²) in [6.07, 6.45) is -11.9. The van der Waals surface area contributed by atoms with Crippen LogP contribution in [-0.2, 0) is 10.3 Å². The van der Waals surface area contributed by atoms with Crippen LogP contribution in [-0.4, -0.2) is 34.3 Å². The molecule has 0 unspecified atom stereocenters. The van der Waals surface area contributed by atoms with Gasteiger partial charge in [0.25, 0.3) is 5.69 Å². The van der Waals surface area contributed by atoms with E-state index in [9.17, 15) is 51.4 Å². The number of rotatable bonds is 8. The quantitative estimate of drug-likeness (QED) is 0.241. The Morgan fingerprint density at radius 2 is 1.59 bits per heavy atom. The van der Waals surface area contributed by atoms with Crippen molar-refractivity contribution in [2.45, 2.75) is 24.3 Å². The summed E-state index contributed by atoms with van der Waals surface area (Å²) in [5.41, 5.74) is -4.17. The monoisotopic (exact) mass is 493 g/mol. The van der Waals surface area contributed by atoms with E-state index in [0.717, 1.165) is 41.7 Å². The number of alkyl halides is 6. The lowest BCUT2D eigenvalue weighted by Gasteiger charge is -2.36. The lowest BCUT2D eigenvalue weighted by Crippen LogP contribution is -2.59. The maximum Gasteiger partial charge on any atom is 0.471 e. The van der Waals surface area contributed by atoms with Gasteiger partial charge < -0.3 is 5.32 Å². The number of anilines is 1. The van der Waals surface area contributed by atoms with E-state index in [1.165, 1.54) is 6.07 Å². The normalized spacial score (nSPS) is 13.8. The molecule has 0 aromatic heterocycles. The molecule has 2 aromatic rings. The van der Waals surface area contributed by atoms with Crippen LogP contribution < -0.4 is 10.7 Å². The number of hydrogen-bond donors (Lipinski definition) is 2. The fraction of sp³-hybridized carbons (Fsp3) is 0.222. The maximum atomic E-state index is 14.0. The van der Waals surface area contributed by atoms with Crippen molar-refractivity contribution in [3.8, 4) is 0 Å². The smallest absolute Gasteiger partial charge is 0.330 e. The van der Waals surface area contributed by atoms with Crippen LogP contribution in [0.1, 0.15) is 12.0 Å². The Morgan fingerprint density at radius 1 is 0.971 bits per heavy atom. The lowest BCUT2D eigenvalue weighted by molar-refractivity contribution is -0.393. The van der Waals surface area contributed by atoms with Gasteiger partial charge in [0.05, 0.1) is 15.9 Å². The zero-order valence-electron chi connectivity index (χ0n) is 16.6. The van der Waals surface area contributed by atoms with E-state index in [4.69, 9.17) is 0 Å². The molecule has 0 saturated carbocycles. The van der Waals surface area contributed by atoms with E-state index < -0.39 is 62.7 Å². The van der Waals surface area contributed by atoms with Gasteiger partial charge in [-0.25, -0.2) is 0 Å². The van der Waals surface area contributed by atoms with Crippen molar-refractivity contribution < 1.29 is 41.0 Å². The number of benzene rings is 2. The summed E-state index contributed by atoms with van der Waals surface area (Å²) in [6, 6.07) is 7.55. The number of non-ortho nitro benzene ring substituents is 1. The summed E-state index contributed by atoms with van der Waals surface area (Å²) in [5.74, 6) is -2.85. The molecule has 0 bridgehead atoms. The highest BCUT2D eigenvalue weighted by Crippen LogP contribution is 2.42. The Bertz CT molecular complexity index is 1110. The Morgan fingerprint density at radius 3 is 2.09 bits per heavy atom. The van der Waals surface area contributed by atoms with Crippen LogP contribution >= 0.6 is 0 Å². The zero-order valence-corrected chi connectivity index (χ0v) is 16.6. The third-order valence-corrected chi connectivity index (χ3v) is 4.40. The highest BCUT2D eigenvalue weighted by Gasteiger charge is 2.59. The number of nitrogens with one attached hydrogen (secondary N) is 2. The average Bonchev–Trinajstić information content (AvgIpc) is 2.74. The number of nitro groups is 2. The van der Waals surface area contributed by atoms with Gasteiger partial charge >= 0.3 is 23.9 Å². The Hall–Kier alpha value is -4.24. The number of nitrogens with zero attached hydrogens (tertiary/aromatic N) is 3. The van der Waals surface area contributed by atoms with Crippen molar-refractivity contribution >= 4 is 29.2 Å². The van der Waals surface area contributed by atoms with Gasteiger partial charge in [-0.05, 0) is 11.6 Å². The van der Waals surface area contributed by atoms with Crippen LogP contribution in [0.4, 0.5) is 43.4 Å². The molecule has 0 aliphatic heterocycles. The van der Waals surface area contributed by atoms with Gasteiger partial charge in [-0.1, -0.05) is 30.3 Å². The van der Waals surface area contributed by atoms with E-state index in [1.54, 1.807) is 0 Å². The molecular formula is C18H13F6N5O5. The predicted octanol–water partition coefficient (Wildman–Crippen LogP) is 4.43. The molecule has 0 aliphatic carbocycles. The third kappa shape index (κ3) is 5.76. The van der Waals surface area contributed by atoms with Crippen molar-refractivity contribution in [2.75, 3.05) is 5.43 Å². The van der Waals surface area contributed by atoms with Crippen LogP contribution in [0.25, 0.3) is 0 Å². The highest BCUT2D eigenvalue weighted by molar-refractivity contribution is 5.83. The van der Waals surface area contributed by atoms with Gasteiger partial charge in [0, 0.05) is 18.7 Å². The lowest BCUT2D eigenvalue weighted by atomic mass is 9.86. The van der Waals surface area contributed by atoms with Crippen molar-refractivity contribution in [3.63, 3.8) is 0 Å². The van der Waals surface area contributed by atoms with E-state index in [-0.39, 0.29) is 0 Å². The molecule has 2 aromatic carbocycles. The van der Waals surface area contributed by atoms with Crippen molar-refractivity contribution in [1.82, 2.24) is 5.32 Å². The van der Waals surface area contributed by atoms with Gasteiger partial charge in [0.15, 0.2) is 5.54 Å². The first-order chi connectivity index (χ1) is 15.7. The summed E-state index contributed by atoms with van der Waals surface area (Å²) < 4.78 is 80.4. The van der Waals surface area contributed by atoms with Gasteiger partial charge in [-0.3, -0.25) is 30.4 Å². The molecule has 0 heterocycles. The first-order valence-electron chi connectivity index (χ1n) is 8.91. The second-order valence-electron chi connectivity index (χ2n) is 6.56. The number of amides is 1. The molecule has 1 atom stereocenters. The highest BCUT2D eigenvalue weighted by atomic mass is 19.4. The Labute approximate surface area is 185 Å². The standard InChI is InChI=1S/C18H13F6N5O5/c19-17(20,21)15(30)26-16(18(22,23)24,11-4-2-1-3-5-11)8-9-25-27-13-7-6-12(28(31)32)10-14(13)29(33)34/h1-7,9-10,27H,8H2,(H,26,30)/b25-9+/t16-/m1/s1. The first kappa shape index (κ1) is 26.0. The molecule has 1 amide bonds. The molecule has 0 radical (unpaired) electrons. The summed E-state index contributed by atoms with van der Waals surface area (Å²) in [5, 5.41) is 26.2. The van der Waals surface area contributed by atoms with Crippen LogP contribution in [0.2, 0.25) is 0 Å². The number of hydrogen-bond acceptors (Lipinski definition) is 7. The number of hydrazone groups is 1. The fourth-order valence-corrected chi connectivity index (χ4v) is 2.76. The summed E-state index contributed by atoms with van der Waals surface area (Å²) >= 11 is 0. The minimum atomic E-state index is -5.62. The molecule has 34 heavy (non-hydrogen) atoms. The van der Waals surface area contributed by atoms with Gasteiger partial charge in [0.2, 0.25) is 0 Å². The minimum absolute atomic E-state index is 0.441. The van der Waals surface area contributed by atoms with Gasteiger partial charge in [-0.15, -0.1) is 0 Å². The second-order valence-corrected chi connectivity index (χ2v) is 6.56. The summed E-state index contributed by atoms with van der Waals surface area (Å²) in [6.45, 7) is 0. The first-order valence-corrected chi connectivity index (χ1v) is 8.91. The van der Waals surface area contributed by atoms with Crippen molar-refractivity contribution in [2.24, 2.45) is 5.10 Å². The average molecular weight is 493 g/mol. The Kier molecular flexibility index (Phi) is 7.43. The number of carbonyl (C=O) groups excluding carboxylic acids is 1. The van der Waals surface area contributed by atoms with Crippen LogP contribution in [0.15, 0.2) is 53.6 Å². The van der Waals surface area contributed by atoms with Crippen LogP contribution in [0.5, 0.6) is 0 Å². The molecule has 182 valence electrons. The van der Waals surface area contributed by atoms with Crippen LogP contribution in [0.3, 0.4) is 0 Å². The maximum absolute atomic E-state index is 14.0. The summed E-state index contributed by atoms with van der Waals surface area (Å²) in [7, 11) is 0. The number of halogens is 6. The molecule has 10 nitrogen and oxygen atoms in total. The van der Waals surface area contributed by atoms with E-state index in [1.807, 2.05) is 5.43 Å². The van der Waals surface area contributed by atoms with Gasteiger partial charge in [0.1, 0.15) is 5.69 Å². The topological polar surface area (TPSA) is 140 Å². The Balaban J connectivity index is 2.42. The molecule has 0 saturated heterocycles. The van der Waals surface area contributed by atoms with Crippen LogP contribution in [0, 0.1) is 20.2 Å². The molecule has 0 aliphatic rings. The minimum Gasteiger partial charge on any atom is -0.330 e. The van der Waals surface area contributed by atoms with Gasteiger partial charge in [-0.2, -0.15) is 31.4 Å². The molecule has 2 rings (SSSR count). The third-order valence-electron chi connectivity index (χ3n) is 4.40. The molecular weight excluding hydrogens is 480 g/mol. The largest absolute Gasteiger partial charge is 0.471 e. The number of nitro benzene ring substituents is 2. The van der Waals surface area contributed by atoms with Crippen molar-refractivity contribution in [3.05, 3.63) is 74.3 Å². The number of carbonyl (C=O) groups is 1. The predicted molar refractivity (Wildman–Crippen MR) is 105 cm³/mol.